The molecule has 8 nitrogen and oxygen atoms in total. The minimum Gasteiger partial charge on any atom is -0.481 e. The lowest BCUT2D eigenvalue weighted by atomic mass is 9.98. The van der Waals surface area contributed by atoms with E-state index in [1.807, 2.05) is 13.0 Å². The molecule has 0 atom stereocenters. The van der Waals surface area contributed by atoms with Crippen LogP contribution in [0.1, 0.15) is 83.7 Å². The second kappa shape index (κ2) is 12.2. The van der Waals surface area contributed by atoms with Crippen LogP contribution >= 0.6 is 0 Å². The molecule has 46 heavy (non-hydrogen) atoms. The van der Waals surface area contributed by atoms with E-state index in [2.05, 4.69) is 34.7 Å². The minimum atomic E-state index is -1.11. The maximum Gasteiger partial charge on any atom is 0.303 e. The highest BCUT2D eigenvalue weighted by atomic mass is 19.1. The minimum absolute atomic E-state index is 0.00111. The van der Waals surface area contributed by atoms with Crippen LogP contribution in [0.25, 0.3) is 56.5 Å². The Morgan fingerprint density at radius 1 is 0.739 bits per heavy atom. The Morgan fingerprint density at radius 2 is 1.33 bits per heavy atom. The molecule has 10 heteroatoms. The lowest BCUT2D eigenvalue weighted by Crippen LogP contribution is -2.00. The van der Waals surface area contributed by atoms with Gasteiger partial charge in [0.1, 0.15) is 17.1 Å². The number of hydrogen-bond donors (Lipinski definition) is 4. The molecule has 0 saturated heterocycles. The average molecular weight is 625 g/mol. The number of hydrogen-bond acceptors (Lipinski definition) is 4. The van der Waals surface area contributed by atoms with Crippen LogP contribution in [0.2, 0.25) is 0 Å². The standard InChI is InChI=1S/C36H34F2N4O4/c1-8-20-16(4)25-15-26-17(5)23(11-13-27(43)44)35(40-26)30(38)36-24(12-14-28(45)46)19(7)32(42-36)29(37)34-21(9-2)18(6)31(41-34)22(10-3)33(20)39-25/h8-10,15,39-40H,1-3,11-14H2,4-7H3,(H,43,44)(H,45,46). The lowest BCUT2D eigenvalue weighted by Gasteiger charge is -2.05. The summed E-state index contributed by atoms with van der Waals surface area (Å²) in [6.07, 6.45) is 4.14. The first-order valence-corrected chi connectivity index (χ1v) is 14.7. The Bertz CT molecular complexity index is 2130. The van der Waals surface area contributed by atoms with E-state index >= 15 is 8.78 Å². The van der Waals surface area contributed by atoms with Gasteiger partial charge in [0.15, 0.2) is 11.6 Å². The number of H-pyrrole nitrogens is 2. The molecular formula is C36H34F2N4O4. The number of carbonyl (C=O) groups is 2. The number of rotatable bonds is 9. The van der Waals surface area contributed by atoms with E-state index in [0.717, 1.165) is 11.1 Å². The molecule has 0 aromatic carbocycles. The largest absolute Gasteiger partial charge is 0.481 e. The van der Waals surface area contributed by atoms with Crippen molar-refractivity contribution in [3.63, 3.8) is 0 Å². The van der Waals surface area contributed by atoms with Crippen molar-refractivity contribution in [1.29, 1.82) is 0 Å². The quantitative estimate of drug-likeness (QED) is 0.189. The highest BCUT2D eigenvalue weighted by molar-refractivity contribution is 6.01. The molecule has 3 aromatic rings. The van der Waals surface area contributed by atoms with Gasteiger partial charge >= 0.3 is 11.9 Å². The summed E-state index contributed by atoms with van der Waals surface area (Å²) in [5, 5.41) is 18.9. The maximum absolute atomic E-state index is 16.8. The van der Waals surface area contributed by atoms with Gasteiger partial charge in [0, 0.05) is 40.6 Å². The molecule has 236 valence electrons. The number of aliphatic carboxylic acids is 2. The van der Waals surface area contributed by atoms with Crippen molar-refractivity contribution in [3.05, 3.63) is 94.1 Å². The summed E-state index contributed by atoms with van der Waals surface area (Å²) in [5.74, 6) is -3.82. The number of aromatic amines is 2. The molecule has 0 fully saturated rings. The van der Waals surface area contributed by atoms with Crippen molar-refractivity contribution in [2.75, 3.05) is 0 Å². The normalized spacial score (nSPS) is 12.9. The highest BCUT2D eigenvalue weighted by Gasteiger charge is 2.29. The summed E-state index contributed by atoms with van der Waals surface area (Å²) in [5.41, 5.74) is 6.72. The molecule has 0 saturated carbocycles. The summed E-state index contributed by atoms with van der Waals surface area (Å²) in [6.45, 7) is 19.0. The molecule has 4 N–H and O–H groups in total. The number of carboxylic acids is 2. The topological polar surface area (TPSA) is 132 Å². The summed E-state index contributed by atoms with van der Waals surface area (Å²) in [7, 11) is 0. The van der Waals surface area contributed by atoms with Crippen LogP contribution in [0.15, 0.2) is 31.9 Å². The Kier molecular flexibility index (Phi) is 8.49. The molecule has 0 unspecified atom stereocenters. The highest BCUT2D eigenvalue weighted by Crippen LogP contribution is 2.41. The molecule has 5 heterocycles. The molecule has 2 aliphatic heterocycles. The maximum atomic E-state index is 16.8. The predicted octanol–water partition coefficient (Wildman–Crippen LogP) is 8.43. The summed E-state index contributed by atoms with van der Waals surface area (Å²) < 4.78 is 33.5. The zero-order valence-corrected chi connectivity index (χ0v) is 26.1. The van der Waals surface area contributed by atoms with Gasteiger partial charge in [-0.25, -0.2) is 18.7 Å². The number of aryl methyl sites for hydroxylation is 3. The molecule has 2 aliphatic rings. The zero-order chi connectivity index (χ0) is 33.6. The number of nitrogens with one attached hydrogen (secondary N) is 2. The second-order valence-electron chi connectivity index (χ2n) is 11.3. The first kappa shape index (κ1) is 32.0. The number of nitrogens with zero attached hydrogens (tertiary/aromatic N) is 2. The van der Waals surface area contributed by atoms with E-state index in [0.29, 0.717) is 50.1 Å². The summed E-state index contributed by atoms with van der Waals surface area (Å²) in [6, 6.07) is 1.81. The van der Waals surface area contributed by atoms with Crippen LogP contribution in [-0.2, 0) is 16.0 Å². The van der Waals surface area contributed by atoms with Crippen LogP contribution in [0.5, 0.6) is 0 Å². The van der Waals surface area contributed by atoms with Crippen molar-refractivity contribution >= 4 is 68.4 Å². The van der Waals surface area contributed by atoms with E-state index in [1.165, 1.54) is 6.08 Å². The molecule has 0 radical (unpaired) electrons. The lowest BCUT2D eigenvalue weighted by molar-refractivity contribution is -0.137. The van der Waals surface area contributed by atoms with Crippen LogP contribution in [-0.4, -0.2) is 42.1 Å². The van der Waals surface area contributed by atoms with Gasteiger partial charge in [-0.15, -0.1) is 0 Å². The van der Waals surface area contributed by atoms with E-state index in [1.54, 1.807) is 32.9 Å². The number of fused-ring (bicyclic) bond motifs is 8. The summed E-state index contributed by atoms with van der Waals surface area (Å²) in [4.78, 5) is 38.8. The van der Waals surface area contributed by atoms with Crippen LogP contribution in [0, 0.1) is 25.5 Å². The van der Waals surface area contributed by atoms with Gasteiger partial charge in [0.05, 0.1) is 16.7 Å². The third-order valence-electron chi connectivity index (χ3n) is 8.76. The van der Waals surface area contributed by atoms with Crippen molar-refractivity contribution in [2.24, 2.45) is 0 Å². The van der Waals surface area contributed by atoms with Gasteiger partial charge in [-0.05, 0) is 80.0 Å². The van der Waals surface area contributed by atoms with Gasteiger partial charge in [0.2, 0.25) is 0 Å². The van der Waals surface area contributed by atoms with Gasteiger partial charge in [-0.2, -0.15) is 0 Å². The molecule has 0 spiro atoms. The van der Waals surface area contributed by atoms with Gasteiger partial charge < -0.3 is 20.2 Å². The van der Waals surface area contributed by atoms with E-state index < -0.39 is 23.6 Å². The second-order valence-corrected chi connectivity index (χ2v) is 11.3. The first-order valence-electron chi connectivity index (χ1n) is 14.7. The van der Waals surface area contributed by atoms with Gasteiger partial charge in [-0.3, -0.25) is 9.59 Å². The molecule has 3 aromatic heterocycles. The number of carboxylic acid groups (broad SMARTS) is 2. The van der Waals surface area contributed by atoms with Crippen LogP contribution < -0.4 is 0 Å². The van der Waals surface area contributed by atoms with E-state index in [9.17, 15) is 19.8 Å². The Labute approximate surface area is 264 Å². The number of halogens is 2. The van der Waals surface area contributed by atoms with Crippen molar-refractivity contribution in [1.82, 2.24) is 19.9 Å². The monoisotopic (exact) mass is 624 g/mol. The van der Waals surface area contributed by atoms with E-state index in [4.69, 9.17) is 4.98 Å². The molecule has 8 bridgehead atoms. The Hall–Kier alpha value is -5.38. The fraction of sp³-hybridized carbons (Fsp3) is 0.222. The van der Waals surface area contributed by atoms with E-state index in [-0.39, 0.29) is 59.4 Å². The Balaban J connectivity index is 2.09. The number of allylic oxidation sites excluding steroid dienone is 5. The molecule has 0 amide bonds. The van der Waals surface area contributed by atoms with Crippen molar-refractivity contribution in [3.8, 4) is 0 Å². The van der Waals surface area contributed by atoms with Gasteiger partial charge in [0.25, 0.3) is 0 Å². The first-order chi connectivity index (χ1) is 21.8. The molecular weight excluding hydrogens is 590 g/mol. The van der Waals surface area contributed by atoms with Crippen LogP contribution in [0.4, 0.5) is 8.78 Å². The predicted molar refractivity (Wildman–Crippen MR) is 179 cm³/mol. The third-order valence-corrected chi connectivity index (χ3v) is 8.76. The van der Waals surface area contributed by atoms with Crippen molar-refractivity contribution in [2.45, 2.75) is 53.4 Å². The Morgan fingerprint density at radius 3 is 1.93 bits per heavy atom. The van der Waals surface area contributed by atoms with Gasteiger partial charge in [-0.1, -0.05) is 38.0 Å². The molecule has 5 rings (SSSR count). The van der Waals surface area contributed by atoms with Crippen LogP contribution in [0.3, 0.4) is 0 Å². The van der Waals surface area contributed by atoms with Crippen molar-refractivity contribution < 1.29 is 28.6 Å². The third kappa shape index (κ3) is 5.19. The SMILES string of the molecule is C=CC1=C(C)c2nc1c(F)c1nc(c(F)c3[nH]c(cc4[nH]c(c2C=C)c(C=C)c4C)c(C)c3CCC(=O)O)C(CCC(=O)O)=C1C. The fourth-order valence-electron chi connectivity index (χ4n) is 6.22. The molecule has 0 aliphatic carbocycles. The number of aromatic nitrogens is 4. The average Bonchev–Trinajstić information content (AvgIpc) is 3.71. The fourth-order valence-corrected chi connectivity index (χ4v) is 6.22. The summed E-state index contributed by atoms with van der Waals surface area (Å²) >= 11 is 0. The zero-order valence-electron chi connectivity index (χ0n) is 26.1. The smallest absolute Gasteiger partial charge is 0.303 e.